The molecule has 1 aromatic heterocycles. The van der Waals surface area contributed by atoms with Gasteiger partial charge in [0, 0.05) is 16.1 Å². The normalized spacial score (nSPS) is 10.8. The summed E-state index contributed by atoms with van der Waals surface area (Å²) in [5, 5.41) is 5.23. The molecule has 0 radical (unpaired) electrons. The highest BCUT2D eigenvalue weighted by Gasteiger charge is 2.11. The first-order valence-corrected chi connectivity index (χ1v) is 7.64. The van der Waals surface area contributed by atoms with Crippen molar-refractivity contribution in [1.29, 1.82) is 0 Å². The monoisotopic (exact) mass is 361 g/mol. The molecule has 0 atom stereocenters. The summed E-state index contributed by atoms with van der Waals surface area (Å²) >= 11 is 9.75. The number of benzene rings is 2. The predicted molar refractivity (Wildman–Crippen MR) is 90.3 cm³/mol. The molecule has 0 saturated heterocycles. The van der Waals surface area contributed by atoms with Gasteiger partial charge in [-0.1, -0.05) is 63.9 Å². The van der Waals surface area contributed by atoms with Crippen molar-refractivity contribution >= 4 is 33.3 Å². The molecule has 0 amide bonds. The van der Waals surface area contributed by atoms with E-state index in [-0.39, 0.29) is 0 Å². The van der Waals surface area contributed by atoms with E-state index in [0.29, 0.717) is 17.4 Å². The smallest absolute Gasteiger partial charge is 0.122 e. The van der Waals surface area contributed by atoms with Gasteiger partial charge in [0.15, 0.2) is 0 Å². The second-order valence-electron chi connectivity index (χ2n) is 4.68. The van der Waals surface area contributed by atoms with Gasteiger partial charge in [-0.3, -0.25) is 0 Å². The van der Waals surface area contributed by atoms with E-state index in [2.05, 4.69) is 21.0 Å². The standard InChI is InChI=1S/C16H13BrClN3/c17-13-7-3-1-5-11(13)10-21-16(19)9-15(20-21)12-6-2-4-8-14(12)18/h1-9H,10,19H2. The molecule has 3 aromatic rings. The summed E-state index contributed by atoms with van der Waals surface area (Å²) in [6.07, 6.45) is 0. The lowest BCUT2D eigenvalue weighted by Crippen LogP contribution is -2.06. The molecule has 2 aromatic carbocycles. The molecule has 1 heterocycles. The average Bonchev–Trinajstić information content (AvgIpc) is 2.83. The maximum absolute atomic E-state index is 6.21. The maximum atomic E-state index is 6.21. The number of halogens is 2. The second kappa shape index (κ2) is 5.92. The molecule has 3 nitrogen and oxygen atoms in total. The largest absolute Gasteiger partial charge is 0.384 e. The van der Waals surface area contributed by atoms with Crippen molar-refractivity contribution in [3.8, 4) is 11.3 Å². The summed E-state index contributed by atoms with van der Waals surface area (Å²) < 4.78 is 2.82. The quantitative estimate of drug-likeness (QED) is 0.740. The molecule has 0 aliphatic carbocycles. The van der Waals surface area contributed by atoms with Gasteiger partial charge in [-0.2, -0.15) is 5.10 Å². The van der Waals surface area contributed by atoms with E-state index in [1.807, 2.05) is 54.6 Å². The molecule has 0 spiro atoms. The predicted octanol–water partition coefficient (Wildman–Crippen LogP) is 4.60. The topological polar surface area (TPSA) is 43.8 Å². The molecule has 0 unspecified atom stereocenters. The Labute approximate surface area is 136 Å². The first-order chi connectivity index (χ1) is 10.1. The molecule has 3 rings (SSSR count). The van der Waals surface area contributed by atoms with E-state index in [1.54, 1.807) is 4.68 Å². The molecule has 21 heavy (non-hydrogen) atoms. The van der Waals surface area contributed by atoms with Crippen LogP contribution >= 0.6 is 27.5 Å². The molecule has 2 N–H and O–H groups in total. The minimum Gasteiger partial charge on any atom is -0.384 e. The fourth-order valence-corrected chi connectivity index (χ4v) is 2.79. The molecule has 106 valence electrons. The van der Waals surface area contributed by atoms with Gasteiger partial charge < -0.3 is 5.73 Å². The summed E-state index contributed by atoms with van der Waals surface area (Å²) in [4.78, 5) is 0. The van der Waals surface area contributed by atoms with Crippen molar-refractivity contribution in [3.63, 3.8) is 0 Å². The van der Waals surface area contributed by atoms with Crippen LogP contribution in [0.1, 0.15) is 5.56 Å². The molecular weight excluding hydrogens is 350 g/mol. The van der Waals surface area contributed by atoms with Gasteiger partial charge in [0.25, 0.3) is 0 Å². The van der Waals surface area contributed by atoms with Crippen LogP contribution in [0.25, 0.3) is 11.3 Å². The molecule has 0 saturated carbocycles. The van der Waals surface area contributed by atoms with Gasteiger partial charge in [-0.15, -0.1) is 0 Å². The molecular formula is C16H13BrClN3. The van der Waals surface area contributed by atoms with Crippen molar-refractivity contribution in [2.75, 3.05) is 5.73 Å². The summed E-state index contributed by atoms with van der Waals surface area (Å²) in [5.41, 5.74) is 8.86. The first-order valence-electron chi connectivity index (χ1n) is 6.47. The molecule has 0 bridgehead atoms. The zero-order valence-electron chi connectivity index (χ0n) is 11.1. The number of aromatic nitrogens is 2. The van der Waals surface area contributed by atoms with Gasteiger partial charge in [0.05, 0.1) is 17.3 Å². The Kier molecular flexibility index (Phi) is 3.99. The van der Waals surface area contributed by atoms with Crippen LogP contribution in [0.15, 0.2) is 59.1 Å². The second-order valence-corrected chi connectivity index (χ2v) is 5.94. The van der Waals surface area contributed by atoms with Crippen LogP contribution in [0.4, 0.5) is 5.82 Å². The van der Waals surface area contributed by atoms with E-state index >= 15 is 0 Å². The van der Waals surface area contributed by atoms with E-state index < -0.39 is 0 Å². The number of nitrogens with zero attached hydrogens (tertiary/aromatic N) is 2. The highest BCUT2D eigenvalue weighted by molar-refractivity contribution is 9.10. The van der Waals surface area contributed by atoms with Crippen LogP contribution in [0.5, 0.6) is 0 Å². The number of nitrogens with two attached hydrogens (primary N) is 1. The lowest BCUT2D eigenvalue weighted by atomic mass is 10.1. The zero-order valence-corrected chi connectivity index (χ0v) is 13.5. The van der Waals surface area contributed by atoms with E-state index in [9.17, 15) is 0 Å². The first kappa shape index (κ1) is 14.2. The third-order valence-electron chi connectivity index (χ3n) is 3.24. The third kappa shape index (κ3) is 2.96. The zero-order chi connectivity index (χ0) is 14.8. The van der Waals surface area contributed by atoms with Gasteiger partial charge in [-0.05, 0) is 17.7 Å². The van der Waals surface area contributed by atoms with Crippen molar-refractivity contribution in [2.45, 2.75) is 6.54 Å². The highest BCUT2D eigenvalue weighted by atomic mass is 79.9. The minimum atomic E-state index is 0.609. The Bertz CT molecular complexity index is 783. The summed E-state index contributed by atoms with van der Waals surface area (Å²) in [6, 6.07) is 17.5. The van der Waals surface area contributed by atoms with Crippen LogP contribution in [-0.2, 0) is 6.54 Å². The molecule has 0 aliphatic rings. The number of anilines is 1. The fraction of sp³-hybridized carbons (Fsp3) is 0.0625. The van der Waals surface area contributed by atoms with Crippen LogP contribution in [-0.4, -0.2) is 9.78 Å². The Morgan fingerprint density at radius 2 is 1.81 bits per heavy atom. The molecule has 0 fully saturated rings. The Morgan fingerprint density at radius 1 is 1.10 bits per heavy atom. The summed E-state index contributed by atoms with van der Waals surface area (Å²) in [6.45, 7) is 0.609. The SMILES string of the molecule is Nc1cc(-c2ccccc2Cl)nn1Cc1ccccc1Br. The van der Waals surface area contributed by atoms with Gasteiger partial charge >= 0.3 is 0 Å². The van der Waals surface area contributed by atoms with Crippen molar-refractivity contribution in [2.24, 2.45) is 0 Å². The minimum absolute atomic E-state index is 0.609. The Balaban J connectivity index is 1.96. The van der Waals surface area contributed by atoms with Crippen LogP contribution in [0, 0.1) is 0 Å². The fourth-order valence-electron chi connectivity index (χ4n) is 2.15. The van der Waals surface area contributed by atoms with Gasteiger partial charge in [-0.25, -0.2) is 4.68 Å². The molecule has 0 aliphatic heterocycles. The van der Waals surface area contributed by atoms with Crippen molar-refractivity contribution < 1.29 is 0 Å². The average molecular weight is 363 g/mol. The van der Waals surface area contributed by atoms with Crippen LogP contribution in [0.3, 0.4) is 0 Å². The van der Waals surface area contributed by atoms with E-state index in [1.165, 1.54) is 0 Å². The number of rotatable bonds is 3. The van der Waals surface area contributed by atoms with Crippen LogP contribution < -0.4 is 5.73 Å². The van der Waals surface area contributed by atoms with Gasteiger partial charge in [0.1, 0.15) is 5.82 Å². The van der Waals surface area contributed by atoms with Crippen molar-refractivity contribution in [1.82, 2.24) is 9.78 Å². The number of hydrogen-bond acceptors (Lipinski definition) is 2. The summed E-state index contributed by atoms with van der Waals surface area (Å²) in [5.74, 6) is 0.612. The Morgan fingerprint density at radius 3 is 2.57 bits per heavy atom. The maximum Gasteiger partial charge on any atom is 0.122 e. The number of nitrogen functional groups attached to an aromatic ring is 1. The van der Waals surface area contributed by atoms with E-state index in [4.69, 9.17) is 17.3 Å². The van der Waals surface area contributed by atoms with E-state index in [0.717, 1.165) is 21.3 Å². The summed E-state index contributed by atoms with van der Waals surface area (Å²) in [7, 11) is 0. The lowest BCUT2D eigenvalue weighted by molar-refractivity contribution is 0.698. The van der Waals surface area contributed by atoms with Crippen LogP contribution in [0.2, 0.25) is 5.02 Å². The van der Waals surface area contributed by atoms with Crippen molar-refractivity contribution in [3.05, 3.63) is 69.7 Å². The Hall–Kier alpha value is -1.78. The number of hydrogen-bond donors (Lipinski definition) is 1. The third-order valence-corrected chi connectivity index (χ3v) is 4.34. The lowest BCUT2D eigenvalue weighted by Gasteiger charge is -2.06. The molecule has 5 heteroatoms. The highest BCUT2D eigenvalue weighted by Crippen LogP contribution is 2.28. The van der Waals surface area contributed by atoms with Gasteiger partial charge in [0.2, 0.25) is 0 Å².